The highest BCUT2D eigenvalue weighted by Crippen LogP contribution is 2.29. The van der Waals surface area contributed by atoms with E-state index in [2.05, 4.69) is 46.5 Å². The van der Waals surface area contributed by atoms with Crippen molar-refractivity contribution >= 4 is 29.0 Å². The molecule has 3 rings (SSSR count). The number of rotatable bonds is 9. The lowest BCUT2D eigenvalue weighted by Crippen LogP contribution is -2.37. The van der Waals surface area contributed by atoms with Crippen LogP contribution in [0, 0.1) is 11.7 Å². The van der Waals surface area contributed by atoms with E-state index in [1.807, 2.05) is 6.07 Å². The van der Waals surface area contributed by atoms with E-state index in [-0.39, 0.29) is 11.6 Å². The van der Waals surface area contributed by atoms with Gasteiger partial charge >= 0.3 is 6.03 Å². The highest BCUT2D eigenvalue weighted by molar-refractivity contribution is 6.04. The molecule has 0 spiro atoms. The number of nitrogens with one attached hydrogen (secondary N) is 3. The average molecular weight is 470 g/mol. The van der Waals surface area contributed by atoms with E-state index in [1.54, 1.807) is 24.3 Å². The molecule has 0 saturated carbocycles. The fraction of sp³-hybridized carbons (Fsp3) is 0.462. The van der Waals surface area contributed by atoms with Crippen molar-refractivity contribution < 1.29 is 14.0 Å². The molecular weight excluding hydrogens is 433 g/mol. The summed E-state index contributed by atoms with van der Waals surface area (Å²) in [6.45, 7) is 11.4. The van der Waals surface area contributed by atoms with Crippen LogP contribution in [-0.2, 0) is 0 Å². The van der Waals surface area contributed by atoms with Crippen LogP contribution in [0.15, 0.2) is 42.5 Å². The number of carbonyl (C=O) groups is 2. The van der Waals surface area contributed by atoms with Crippen LogP contribution in [0.4, 0.5) is 26.2 Å². The number of hydrogen-bond acceptors (Lipinski definition) is 4. The largest absolute Gasteiger partial charge is 0.371 e. The molecule has 0 aromatic heterocycles. The van der Waals surface area contributed by atoms with E-state index in [0.29, 0.717) is 23.7 Å². The minimum absolute atomic E-state index is 0.0911. The minimum atomic E-state index is -0.572. The Labute approximate surface area is 201 Å². The lowest BCUT2D eigenvalue weighted by atomic mass is 9.98. The smallest absolute Gasteiger partial charge is 0.323 e. The van der Waals surface area contributed by atoms with Crippen LogP contribution in [0.1, 0.15) is 44.0 Å². The summed E-state index contributed by atoms with van der Waals surface area (Å²) in [6.07, 6.45) is 2.15. The fourth-order valence-corrected chi connectivity index (χ4v) is 4.13. The van der Waals surface area contributed by atoms with Crippen LogP contribution in [0.2, 0.25) is 0 Å². The Morgan fingerprint density at radius 1 is 1.06 bits per heavy atom. The first-order valence-corrected chi connectivity index (χ1v) is 12.1. The van der Waals surface area contributed by atoms with E-state index in [4.69, 9.17) is 0 Å². The summed E-state index contributed by atoms with van der Waals surface area (Å²) in [5.41, 5.74) is 1.95. The molecule has 1 fully saturated rings. The average Bonchev–Trinajstić information content (AvgIpc) is 2.84. The summed E-state index contributed by atoms with van der Waals surface area (Å²) in [5, 5.41) is 8.26. The van der Waals surface area contributed by atoms with Gasteiger partial charge in [0, 0.05) is 37.6 Å². The first-order valence-electron chi connectivity index (χ1n) is 12.1. The maximum atomic E-state index is 13.9. The molecule has 7 nitrogen and oxygen atoms in total. The number of piperidine rings is 1. The van der Waals surface area contributed by atoms with E-state index < -0.39 is 11.8 Å². The number of amides is 3. The zero-order valence-corrected chi connectivity index (χ0v) is 20.4. The van der Waals surface area contributed by atoms with Crippen molar-refractivity contribution in [1.82, 2.24) is 10.2 Å². The van der Waals surface area contributed by atoms with Crippen LogP contribution in [0.3, 0.4) is 0 Å². The third-order valence-corrected chi connectivity index (χ3v) is 6.35. The Kier molecular flexibility index (Phi) is 9.27. The predicted molar refractivity (Wildman–Crippen MR) is 136 cm³/mol. The molecule has 2 aromatic carbocycles. The highest BCUT2D eigenvalue weighted by atomic mass is 19.1. The molecule has 1 heterocycles. The van der Waals surface area contributed by atoms with Gasteiger partial charge in [0.1, 0.15) is 5.82 Å². The van der Waals surface area contributed by atoms with Crippen molar-refractivity contribution in [3.8, 4) is 0 Å². The molecule has 184 valence electrons. The number of urea groups is 1. The molecular formula is C26H36FN5O2. The quantitative estimate of drug-likeness (QED) is 0.494. The van der Waals surface area contributed by atoms with Crippen molar-refractivity contribution in [2.45, 2.75) is 33.6 Å². The molecule has 0 atom stereocenters. The number of carbonyl (C=O) groups excluding carboxylic acids is 2. The van der Waals surface area contributed by atoms with Gasteiger partial charge in [-0.15, -0.1) is 0 Å². The zero-order chi connectivity index (χ0) is 24.5. The number of halogens is 1. The molecule has 3 N–H and O–H groups in total. The summed E-state index contributed by atoms with van der Waals surface area (Å²) >= 11 is 0. The Morgan fingerprint density at radius 3 is 2.44 bits per heavy atom. The fourth-order valence-electron chi connectivity index (χ4n) is 4.13. The number of likely N-dealkylation sites (N-methyl/N-ethyl adjacent to an activating group) is 1. The van der Waals surface area contributed by atoms with Crippen molar-refractivity contribution in [3.63, 3.8) is 0 Å². The second kappa shape index (κ2) is 12.4. The van der Waals surface area contributed by atoms with Crippen LogP contribution >= 0.6 is 0 Å². The number of nitrogens with zero attached hydrogens (tertiary/aromatic N) is 2. The molecule has 1 aliphatic rings. The normalized spacial score (nSPS) is 14.2. The molecule has 34 heavy (non-hydrogen) atoms. The maximum absolute atomic E-state index is 13.9. The van der Waals surface area contributed by atoms with Crippen molar-refractivity contribution in [3.05, 3.63) is 53.8 Å². The lowest BCUT2D eigenvalue weighted by Gasteiger charge is -2.33. The molecule has 0 radical (unpaired) electrons. The second-order valence-corrected chi connectivity index (χ2v) is 8.74. The number of hydrogen-bond donors (Lipinski definition) is 3. The monoisotopic (exact) mass is 469 g/mol. The van der Waals surface area contributed by atoms with Crippen molar-refractivity contribution in [1.29, 1.82) is 0 Å². The summed E-state index contributed by atoms with van der Waals surface area (Å²) in [7, 11) is 0. The topological polar surface area (TPSA) is 76.7 Å². The summed E-state index contributed by atoms with van der Waals surface area (Å²) in [6, 6.07) is 10.8. The highest BCUT2D eigenvalue weighted by Gasteiger charge is 2.22. The van der Waals surface area contributed by atoms with Crippen LogP contribution in [0.5, 0.6) is 0 Å². The number of benzene rings is 2. The summed E-state index contributed by atoms with van der Waals surface area (Å²) in [4.78, 5) is 30.1. The Morgan fingerprint density at radius 2 is 1.76 bits per heavy atom. The van der Waals surface area contributed by atoms with Gasteiger partial charge in [-0.25, -0.2) is 9.18 Å². The van der Waals surface area contributed by atoms with Gasteiger partial charge < -0.3 is 25.8 Å². The summed E-state index contributed by atoms with van der Waals surface area (Å²) < 4.78 is 13.9. The molecule has 3 amide bonds. The second-order valence-electron chi connectivity index (χ2n) is 8.74. The first kappa shape index (κ1) is 25.5. The molecule has 8 heteroatoms. The van der Waals surface area contributed by atoms with Gasteiger partial charge in [0.25, 0.3) is 5.91 Å². The minimum Gasteiger partial charge on any atom is -0.371 e. The van der Waals surface area contributed by atoms with E-state index in [0.717, 1.165) is 51.3 Å². The standard InChI is InChI=1S/C26H36FN5O2/c1-4-31(5-2)17-14-28-25(33)21-18-20(10-11-24(21)32-15-12-19(3)13-16-32)29-26(34)30-23-9-7-6-8-22(23)27/h6-11,18-19H,4-5,12-17H2,1-3H3,(H,28,33)(H2,29,30,34). The Bertz CT molecular complexity index is 971. The van der Waals surface area contributed by atoms with Gasteiger partial charge in [-0.1, -0.05) is 32.9 Å². The SMILES string of the molecule is CCN(CC)CCNC(=O)c1cc(NC(=O)Nc2ccccc2F)ccc1N1CCC(C)CC1. The maximum Gasteiger partial charge on any atom is 0.323 e. The Hall–Kier alpha value is -3.13. The summed E-state index contributed by atoms with van der Waals surface area (Å²) in [5.74, 6) is -0.00912. The molecule has 2 aromatic rings. The predicted octanol–water partition coefficient (Wildman–Crippen LogP) is 4.78. The molecule has 0 unspecified atom stereocenters. The molecule has 0 bridgehead atoms. The van der Waals surface area contributed by atoms with Gasteiger partial charge in [0.05, 0.1) is 11.3 Å². The third-order valence-electron chi connectivity index (χ3n) is 6.35. The van der Waals surface area contributed by atoms with Gasteiger partial charge in [0.2, 0.25) is 0 Å². The van der Waals surface area contributed by atoms with E-state index in [9.17, 15) is 14.0 Å². The van der Waals surface area contributed by atoms with Gasteiger partial charge in [0.15, 0.2) is 0 Å². The molecule has 0 aliphatic carbocycles. The first-order chi connectivity index (χ1) is 16.4. The van der Waals surface area contributed by atoms with E-state index >= 15 is 0 Å². The molecule has 1 aliphatic heterocycles. The number of para-hydroxylation sites is 1. The van der Waals surface area contributed by atoms with Crippen LogP contribution in [-0.4, -0.2) is 56.1 Å². The van der Waals surface area contributed by atoms with Crippen molar-refractivity contribution in [2.24, 2.45) is 5.92 Å². The third kappa shape index (κ3) is 6.93. The lowest BCUT2D eigenvalue weighted by molar-refractivity contribution is 0.0949. The number of anilines is 3. The zero-order valence-electron chi connectivity index (χ0n) is 20.4. The Balaban J connectivity index is 1.75. The van der Waals surface area contributed by atoms with E-state index in [1.165, 1.54) is 12.1 Å². The molecule has 1 saturated heterocycles. The van der Waals surface area contributed by atoms with Gasteiger partial charge in [-0.3, -0.25) is 4.79 Å². The van der Waals surface area contributed by atoms with Crippen LogP contribution < -0.4 is 20.9 Å². The van der Waals surface area contributed by atoms with Crippen LogP contribution in [0.25, 0.3) is 0 Å². The van der Waals surface area contributed by atoms with Gasteiger partial charge in [-0.2, -0.15) is 0 Å². The van der Waals surface area contributed by atoms with Gasteiger partial charge in [-0.05, 0) is 62.2 Å². The van der Waals surface area contributed by atoms with Crippen molar-refractivity contribution in [2.75, 3.05) is 54.8 Å².